The van der Waals surface area contributed by atoms with Crippen molar-refractivity contribution in [3.05, 3.63) is 36.2 Å². The molecular formula is C17H16F3N3O4. The van der Waals surface area contributed by atoms with Gasteiger partial charge in [0.2, 0.25) is 5.89 Å². The molecule has 0 radical (unpaired) electrons. The summed E-state index contributed by atoms with van der Waals surface area (Å²) in [5.74, 6) is -5.02. The second kappa shape index (κ2) is 6.93. The van der Waals surface area contributed by atoms with Gasteiger partial charge in [0.15, 0.2) is 0 Å². The topological polar surface area (TPSA) is 95.7 Å². The molecule has 0 spiro atoms. The maximum atomic E-state index is 13.1. The second-order valence-electron chi connectivity index (χ2n) is 6.24. The van der Waals surface area contributed by atoms with Gasteiger partial charge in [-0.3, -0.25) is 4.79 Å². The Hall–Kier alpha value is -3.04. The van der Waals surface area contributed by atoms with Crippen LogP contribution in [-0.4, -0.2) is 46.3 Å². The van der Waals surface area contributed by atoms with Crippen LogP contribution in [0, 0.1) is 18.8 Å². The fourth-order valence-electron chi connectivity index (χ4n) is 3.11. The summed E-state index contributed by atoms with van der Waals surface area (Å²) in [6.07, 6.45) is -1.83. The third kappa shape index (κ3) is 3.74. The SMILES string of the molecule is Cc1c(NC(=O)N2C[C@@H](C(F)(F)F)[C@H](C(=O)O)C2)cccc1-c1ncco1. The molecule has 0 aliphatic carbocycles. The minimum atomic E-state index is -4.70. The van der Waals surface area contributed by atoms with Crippen molar-refractivity contribution in [3.63, 3.8) is 0 Å². The van der Waals surface area contributed by atoms with Gasteiger partial charge in [-0.1, -0.05) is 6.07 Å². The first-order valence-electron chi connectivity index (χ1n) is 8.03. The first kappa shape index (κ1) is 18.7. The van der Waals surface area contributed by atoms with Gasteiger partial charge in [-0.25, -0.2) is 9.78 Å². The van der Waals surface area contributed by atoms with E-state index in [0.29, 0.717) is 22.7 Å². The molecule has 1 saturated heterocycles. The third-order valence-electron chi connectivity index (χ3n) is 4.58. The Morgan fingerprint density at radius 3 is 2.63 bits per heavy atom. The van der Waals surface area contributed by atoms with Crippen LogP contribution in [0.1, 0.15) is 5.56 Å². The Labute approximate surface area is 151 Å². The lowest BCUT2D eigenvalue weighted by atomic mass is 9.96. The number of benzene rings is 1. The number of nitrogens with zero attached hydrogens (tertiary/aromatic N) is 2. The number of likely N-dealkylation sites (tertiary alicyclic amines) is 1. The normalized spacial score (nSPS) is 19.9. The quantitative estimate of drug-likeness (QED) is 0.847. The highest BCUT2D eigenvalue weighted by molar-refractivity contribution is 5.92. The molecule has 2 N–H and O–H groups in total. The number of carbonyl (C=O) groups is 2. The third-order valence-corrected chi connectivity index (χ3v) is 4.58. The Morgan fingerprint density at radius 2 is 2.07 bits per heavy atom. The van der Waals surface area contributed by atoms with E-state index >= 15 is 0 Å². The van der Waals surface area contributed by atoms with Crippen molar-refractivity contribution in [2.24, 2.45) is 11.8 Å². The molecular weight excluding hydrogens is 367 g/mol. The van der Waals surface area contributed by atoms with E-state index in [0.717, 1.165) is 4.90 Å². The van der Waals surface area contributed by atoms with Crippen LogP contribution in [0.2, 0.25) is 0 Å². The Kier molecular flexibility index (Phi) is 4.81. The van der Waals surface area contributed by atoms with Crippen molar-refractivity contribution < 1.29 is 32.3 Å². The predicted octanol–water partition coefficient (Wildman–Crippen LogP) is 3.38. The highest BCUT2D eigenvalue weighted by Gasteiger charge is 2.53. The number of aromatic nitrogens is 1. The molecule has 27 heavy (non-hydrogen) atoms. The minimum absolute atomic E-state index is 0.341. The molecule has 0 bridgehead atoms. The predicted molar refractivity (Wildman–Crippen MR) is 87.9 cm³/mol. The van der Waals surface area contributed by atoms with Gasteiger partial charge in [0.1, 0.15) is 6.26 Å². The zero-order valence-corrected chi connectivity index (χ0v) is 14.2. The summed E-state index contributed by atoms with van der Waals surface area (Å²) in [7, 11) is 0. The van der Waals surface area contributed by atoms with Gasteiger partial charge in [0, 0.05) is 24.3 Å². The first-order chi connectivity index (χ1) is 12.7. The van der Waals surface area contributed by atoms with E-state index in [-0.39, 0.29) is 0 Å². The second-order valence-corrected chi connectivity index (χ2v) is 6.24. The Morgan fingerprint density at radius 1 is 1.33 bits per heavy atom. The number of alkyl halides is 3. The van der Waals surface area contributed by atoms with Crippen LogP contribution < -0.4 is 5.32 Å². The van der Waals surface area contributed by atoms with E-state index in [1.165, 1.54) is 12.5 Å². The molecule has 1 aliphatic rings. The number of aliphatic carboxylic acids is 1. The molecule has 1 aromatic heterocycles. The molecule has 1 fully saturated rings. The van der Waals surface area contributed by atoms with E-state index in [2.05, 4.69) is 10.3 Å². The van der Waals surface area contributed by atoms with E-state index in [1.54, 1.807) is 25.1 Å². The Bertz CT molecular complexity index is 852. The van der Waals surface area contributed by atoms with Crippen molar-refractivity contribution in [1.82, 2.24) is 9.88 Å². The number of anilines is 1. The van der Waals surface area contributed by atoms with Gasteiger partial charge in [-0.05, 0) is 24.6 Å². The Balaban J connectivity index is 1.78. The zero-order chi connectivity index (χ0) is 19.8. The van der Waals surface area contributed by atoms with Crippen LogP contribution in [0.5, 0.6) is 0 Å². The van der Waals surface area contributed by atoms with Crippen LogP contribution in [0.25, 0.3) is 11.5 Å². The van der Waals surface area contributed by atoms with Gasteiger partial charge in [-0.15, -0.1) is 0 Å². The molecule has 2 aromatic rings. The number of carboxylic acids is 1. The molecule has 3 rings (SSSR count). The number of hydrogen-bond acceptors (Lipinski definition) is 4. The molecule has 10 heteroatoms. The highest BCUT2D eigenvalue weighted by Crippen LogP contribution is 2.38. The summed E-state index contributed by atoms with van der Waals surface area (Å²) >= 11 is 0. The zero-order valence-electron chi connectivity index (χ0n) is 14.2. The molecule has 2 atom stereocenters. The lowest BCUT2D eigenvalue weighted by Gasteiger charge is -2.19. The maximum Gasteiger partial charge on any atom is 0.394 e. The summed E-state index contributed by atoms with van der Waals surface area (Å²) in [4.78, 5) is 28.5. The van der Waals surface area contributed by atoms with Gasteiger partial charge in [0.25, 0.3) is 0 Å². The van der Waals surface area contributed by atoms with Crippen molar-refractivity contribution in [1.29, 1.82) is 0 Å². The summed E-state index contributed by atoms with van der Waals surface area (Å²) in [6, 6.07) is 4.17. The fourth-order valence-corrected chi connectivity index (χ4v) is 3.11. The number of nitrogens with one attached hydrogen (secondary N) is 1. The summed E-state index contributed by atoms with van der Waals surface area (Å²) in [5, 5.41) is 11.6. The van der Waals surface area contributed by atoms with Gasteiger partial charge in [-0.2, -0.15) is 13.2 Å². The summed E-state index contributed by atoms with van der Waals surface area (Å²) < 4.78 is 44.4. The molecule has 0 saturated carbocycles. The summed E-state index contributed by atoms with van der Waals surface area (Å²) in [5.41, 5.74) is 1.61. The van der Waals surface area contributed by atoms with Crippen LogP contribution in [0.3, 0.4) is 0 Å². The van der Waals surface area contributed by atoms with E-state index in [4.69, 9.17) is 9.52 Å². The standard InChI is InChI=1S/C17H16F3N3O4/c1-9-10(14-21-5-6-27-14)3-2-4-13(9)22-16(26)23-7-11(15(24)25)12(8-23)17(18,19)20/h2-6,11-12H,7-8H2,1H3,(H,22,26)(H,24,25)/t11-,12-/m1/s1. The fraction of sp³-hybridized carbons (Fsp3) is 0.353. The highest BCUT2D eigenvalue weighted by atomic mass is 19.4. The average molecular weight is 383 g/mol. The summed E-state index contributed by atoms with van der Waals surface area (Å²) in [6.45, 7) is 0.492. The molecule has 1 aromatic carbocycles. The smallest absolute Gasteiger partial charge is 0.394 e. The van der Waals surface area contributed by atoms with Gasteiger partial charge < -0.3 is 19.7 Å². The number of carbonyl (C=O) groups excluding carboxylic acids is 1. The number of carboxylic acid groups (broad SMARTS) is 1. The number of halogens is 3. The molecule has 7 nitrogen and oxygen atoms in total. The van der Waals surface area contributed by atoms with Crippen LogP contribution in [0.4, 0.5) is 23.7 Å². The van der Waals surface area contributed by atoms with Crippen LogP contribution >= 0.6 is 0 Å². The van der Waals surface area contributed by atoms with Crippen molar-refractivity contribution in [2.75, 3.05) is 18.4 Å². The largest absolute Gasteiger partial charge is 0.481 e. The lowest BCUT2D eigenvalue weighted by molar-refractivity contribution is -0.187. The minimum Gasteiger partial charge on any atom is -0.481 e. The molecule has 0 unspecified atom stereocenters. The van der Waals surface area contributed by atoms with Crippen LogP contribution in [0.15, 0.2) is 35.1 Å². The van der Waals surface area contributed by atoms with E-state index in [1.807, 2.05) is 0 Å². The van der Waals surface area contributed by atoms with E-state index < -0.39 is 43.1 Å². The van der Waals surface area contributed by atoms with Crippen molar-refractivity contribution in [3.8, 4) is 11.5 Å². The van der Waals surface area contributed by atoms with Gasteiger partial charge in [0.05, 0.1) is 18.0 Å². The monoisotopic (exact) mass is 383 g/mol. The maximum absolute atomic E-state index is 13.1. The number of rotatable bonds is 3. The van der Waals surface area contributed by atoms with Crippen LogP contribution in [-0.2, 0) is 4.79 Å². The average Bonchev–Trinajstić information content (AvgIpc) is 3.25. The lowest BCUT2D eigenvalue weighted by Crippen LogP contribution is -2.35. The number of amides is 2. The van der Waals surface area contributed by atoms with E-state index in [9.17, 15) is 22.8 Å². The molecule has 144 valence electrons. The van der Waals surface area contributed by atoms with Gasteiger partial charge >= 0.3 is 18.2 Å². The first-order valence-corrected chi connectivity index (χ1v) is 8.03. The number of urea groups is 1. The van der Waals surface area contributed by atoms with Crippen molar-refractivity contribution >= 4 is 17.7 Å². The molecule has 1 aliphatic heterocycles. The molecule has 2 amide bonds. The van der Waals surface area contributed by atoms with Crippen molar-refractivity contribution in [2.45, 2.75) is 13.1 Å². The molecule has 2 heterocycles. The number of hydrogen-bond donors (Lipinski definition) is 2. The number of oxazole rings is 1.